The normalized spacial score (nSPS) is 19.9. The maximum absolute atomic E-state index is 13.1. The summed E-state index contributed by atoms with van der Waals surface area (Å²) in [6.45, 7) is 8.63. The highest BCUT2D eigenvalue weighted by Gasteiger charge is 2.33. The number of pyridine rings is 1. The Morgan fingerprint density at radius 3 is 2.68 bits per heavy atom. The summed E-state index contributed by atoms with van der Waals surface area (Å²) >= 11 is 0. The van der Waals surface area contributed by atoms with Gasteiger partial charge in [0.1, 0.15) is 5.69 Å². The number of piperazine rings is 1. The largest absolute Gasteiger partial charge is 0.433 e. The quantitative estimate of drug-likeness (QED) is 0.807. The number of rotatable bonds is 4. The summed E-state index contributed by atoms with van der Waals surface area (Å²) in [5, 5.41) is 3.47. The molecule has 1 fully saturated rings. The monoisotopic (exact) mass is 396 g/mol. The molecule has 1 atom stereocenters. The number of alkyl halides is 3. The summed E-state index contributed by atoms with van der Waals surface area (Å²) < 4.78 is 43.0. The summed E-state index contributed by atoms with van der Waals surface area (Å²) in [5.74, 6) is 0.419. The van der Waals surface area contributed by atoms with E-state index in [1.165, 1.54) is 10.6 Å². The molecule has 9 heteroatoms. The third-order valence-electron chi connectivity index (χ3n) is 4.92. The Labute approximate surface area is 161 Å². The van der Waals surface area contributed by atoms with Crippen molar-refractivity contribution < 1.29 is 17.7 Å². The second kappa shape index (κ2) is 7.98. The Kier molecular flexibility index (Phi) is 5.83. The van der Waals surface area contributed by atoms with E-state index in [1.807, 2.05) is 13.8 Å². The molecule has 152 valence electrons. The Bertz CT molecular complexity index is 964. The number of fused-ring (bicyclic) bond motifs is 1. The van der Waals surface area contributed by atoms with Crippen molar-refractivity contribution in [3.05, 3.63) is 34.0 Å². The van der Waals surface area contributed by atoms with Crippen molar-refractivity contribution in [3.63, 3.8) is 0 Å². The van der Waals surface area contributed by atoms with Crippen LogP contribution in [0, 0.1) is 0 Å². The predicted octanol–water partition coefficient (Wildman–Crippen LogP) is 2.42. The highest BCUT2D eigenvalue weighted by molar-refractivity contribution is 5.95. The molecular formula is C19H25F3N5O+. The van der Waals surface area contributed by atoms with Crippen molar-refractivity contribution >= 4 is 16.7 Å². The minimum absolute atomic E-state index is 0.100. The topological polar surface area (TPSA) is 62.8 Å². The van der Waals surface area contributed by atoms with Gasteiger partial charge in [-0.15, -0.1) is 0 Å². The third kappa shape index (κ3) is 3.94. The van der Waals surface area contributed by atoms with Crippen LogP contribution in [0.5, 0.6) is 0 Å². The van der Waals surface area contributed by atoms with Crippen molar-refractivity contribution in [2.45, 2.75) is 52.4 Å². The molecule has 0 spiro atoms. The molecule has 1 N–H and O–H groups in total. The maximum atomic E-state index is 13.1. The van der Waals surface area contributed by atoms with Crippen LogP contribution in [0.2, 0.25) is 0 Å². The molecule has 28 heavy (non-hydrogen) atoms. The van der Waals surface area contributed by atoms with Gasteiger partial charge in [-0.05, 0) is 32.4 Å². The van der Waals surface area contributed by atoms with Crippen LogP contribution in [-0.4, -0.2) is 50.5 Å². The third-order valence-corrected chi connectivity index (χ3v) is 4.92. The van der Waals surface area contributed by atoms with Crippen molar-refractivity contribution in [1.82, 2.24) is 19.9 Å². The van der Waals surface area contributed by atoms with Crippen LogP contribution in [0.15, 0.2) is 16.9 Å². The summed E-state index contributed by atoms with van der Waals surface area (Å²) in [7, 11) is 0. The summed E-state index contributed by atoms with van der Waals surface area (Å²) in [6, 6.07) is 2.28. The summed E-state index contributed by atoms with van der Waals surface area (Å²) in [4.78, 5) is 21.1. The fourth-order valence-electron chi connectivity index (χ4n) is 3.60. The minimum Gasteiger partial charge on any atom is -0.303 e. The zero-order valence-electron chi connectivity index (χ0n) is 16.3. The average Bonchev–Trinajstić information content (AvgIpc) is 2.65. The molecule has 2 aromatic heterocycles. The van der Waals surface area contributed by atoms with E-state index in [9.17, 15) is 18.0 Å². The van der Waals surface area contributed by atoms with E-state index in [1.54, 1.807) is 0 Å². The second-order valence-electron chi connectivity index (χ2n) is 7.05. The van der Waals surface area contributed by atoms with Crippen LogP contribution < -0.4 is 10.9 Å². The number of nitrogens with zero attached hydrogens (tertiary/aromatic N) is 4. The SMILES string of the molecule is CCCC(c1nc2nc(C(F)(F)F)ccc2c(=O)n1CC)=[N+]1CCN[C@@H](C)C1. The van der Waals surface area contributed by atoms with Crippen molar-refractivity contribution in [1.29, 1.82) is 0 Å². The van der Waals surface area contributed by atoms with Crippen LogP contribution in [0.4, 0.5) is 13.2 Å². The van der Waals surface area contributed by atoms with Gasteiger partial charge in [0, 0.05) is 13.0 Å². The van der Waals surface area contributed by atoms with E-state index >= 15 is 0 Å². The molecular weight excluding hydrogens is 371 g/mol. The average molecular weight is 396 g/mol. The lowest BCUT2D eigenvalue weighted by Crippen LogP contribution is -2.47. The Morgan fingerprint density at radius 2 is 2.07 bits per heavy atom. The van der Waals surface area contributed by atoms with Gasteiger partial charge in [0.2, 0.25) is 11.5 Å². The second-order valence-corrected chi connectivity index (χ2v) is 7.05. The molecule has 1 aliphatic rings. The number of aromatic nitrogens is 3. The van der Waals surface area contributed by atoms with Gasteiger partial charge >= 0.3 is 6.18 Å². The van der Waals surface area contributed by atoms with E-state index < -0.39 is 11.9 Å². The first-order valence-electron chi connectivity index (χ1n) is 9.59. The van der Waals surface area contributed by atoms with E-state index in [0.29, 0.717) is 18.8 Å². The molecule has 0 unspecified atom stereocenters. The highest BCUT2D eigenvalue weighted by Crippen LogP contribution is 2.28. The van der Waals surface area contributed by atoms with E-state index in [0.717, 1.165) is 37.8 Å². The van der Waals surface area contributed by atoms with Crippen LogP contribution in [0.25, 0.3) is 11.0 Å². The first-order chi connectivity index (χ1) is 13.3. The van der Waals surface area contributed by atoms with E-state index in [-0.39, 0.29) is 22.6 Å². The fraction of sp³-hybridized carbons (Fsp3) is 0.579. The Balaban J connectivity index is 2.27. The van der Waals surface area contributed by atoms with Gasteiger partial charge in [0.15, 0.2) is 18.7 Å². The Morgan fingerprint density at radius 1 is 1.32 bits per heavy atom. The van der Waals surface area contributed by atoms with Gasteiger partial charge in [-0.1, -0.05) is 6.92 Å². The first-order valence-corrected chi connectivity index (χ1v) is 9.59. The molecule has 0 bridgehead atoms. The first kappa shape index (κ1) is 20.4. The molecule has 1 saturated heterocycles. The van der Waals surface area contributed by atoms with Gasteiger partial charge < -0.3 is 5.32 Å². The smallest absolute Gasteiger partial charge is 0.303 e. The van der Waals surface area contributed by atoms with Crippen LogP contribution in [0.3, 0.4) is 0 Å². The van der Waals surface area contributed by atoms with Crippen molar-refractivity contribution in [3.8, 4) is 0 Å². The van der Waals surface area contributed by atoms with E-state index in [4.69, 9.17) is 0 Å². The number of hydrogen-bond donors (Lipinski definition) is 1. The molecule has 0 radical (unpaired) electrons. The van der Waals surface area contributed by atoms with Crippen LogP contribution in [0.1, 0.15) is 45.1 Å². The van der Waals surface area contributed by atoms with Crippen LogP contribution in [-0.2, 0) is 12.7 Å². The van der Waals surface area contributed by atoms with Crippen molar-refractivity contribution in [2.24, 2.45) is 0 Å². The summed E-state index contributed by atoms with van der Waals surface area (Å²) in [6.07, 6.45) is -3.06. The Hall–Kier alpha value is -2.29. The van der Waals surface area contributed by atoms with Gasteiger partial charge in [-0.3, -0.25) is 9.36 Å². The fourth-order valence-corrected chi connectivity index (χ4v) is 3.60. The van der Waals surface area contributed by atoms with Gasteiger partial charge in [0.25, 0.3) is 5.56 Å². The molecule has 2 aromatic rings. The van der Waals surface area contributed by atoms with Gasteiger partial charge in [-0.2, -0.15) is 13.2 Å². The van der Waals surface area contributed by atoms with Gasteiger partial charge in [-0.25, -0.2) is 14.5 Å². The zero-order chi connectivity index (χ0) is 20.5. The van der Waals surface area contributed by atoms with Crippen LogP contribution >= 0.6 is 0 Å². The number of halogens is 3. The summed E-state index contributed by atoms with van der Waals surface area (Å²) in [5.41, 5.74) is -0.673. The number of nitrogens with one attached hydrogen (secondary N) is 1. The zero-order valence-corrected chi connectivity index (χ0v) is 16.3. The molecule has 3 heterocycles. The standard InChI is InChI=1S/C19H25F3N5O/c1-4-6-14(26-10-9-23-12(3)11-26)17-25-16-13(18(28)27(17)5-2)7-8-15(24-16)19(20,21)22/h7-8,12,23H,4-6,9-11H2,1-3H3/q+1/t12-/m0/s1. The molecule has 0 amide bonds. The molecule has 1 aliphatic heterocycles. The molecule has 6 nitrogen and oxygen atoms in total. The lowest BCUT2D eigenvalue weighted by molar-refractivity contribution is -0.538. The van der Waals surface area contributed by atoms with E-state index in [2.05, 4.69) is 26.8 Å². The molecule has 0 saturated carbocycles. The molecule has 0 aliphatic carbocycles. The maximum Gasteiger partial charge on any atom is 0.433 e. The lowest BCUT2D eigenvalue weighted by Gasteiger charge is -2.21. The minimum atomic E-state index is -4.58. The lowest BCUT2D eigenvalue weighted by atomic mass is 10.1. The predicted molar refractivity (Wildman–Crippen MR) is 101 cm³/mol. The number of hydrogen-bond acceptors (Lipinski definition) is 4. The molecule has 0 aromatic carbocycles. The van der Waals surface area contributed by atoms with Crippen molar-refractivity contribution in [2.75, 3.05) is 19.6 Å². The highest BCUT2D eigenvalue weighted by atomic mass is 19.4. The van der Waals surface area contributed by atoms with Gasteiger partial charge in [0.05, 0.1) is 18.0 Å². The molecule has 3 rings (SSSR count).